The summed E-state index contributed by atoms with van der Waals surface area (Å²) in [5.41, 5.74) is 0.615. The van der Waals surface area contributed by atoms with E-state index in [0.29, 0.717) is 25.2 Å². The van der Waals surface area contributed by atoms with E-state index in [-0.39, 0.29) is 12.5 Å². The van der Waals surface area contributed by atoms with Crippen molar-refractivity contribution < 1.29 is 19.4 Å². The smallest absolute Gasteiger partial charge is 0.407 e. The topological polar surface area (TPSA) is 106 Å². The molecule has 92 valence electrons. The van der Waals surface area contributed by atoms with E-state index in [2.05, 4.69) is 15.6 Å². The predicted octanol–water partition coefficient (Wildman–Crippen LogP) is -0.596. The zero-order chi connectivity index (χ0) is 12.3. The molecule has 0 bridgehead atoms. The number of aromatic nitrogens is 3. The molecule has 1 aromatic heterocycles. The van der Waals surface area contributed by atoms with Crippen molar-refractivity contribution >= 4 is 12.1 Å². The van der Waals surface area contributed by atoms with Gasteiger partial charge in [-0.05, 0) is 0 Å². The molecule has 1 fully saturated rings. The van der Waals surface area contributed by atoms with Crippen molar-refractivity contribution in [3.05, 3.63) is 11.9 Å². The van der Waals surface area contributed by atoms with Crippen LogP contribution in [0.5, 0.6) is 0 Å². The number of carboxylic acids is 1. The average molecular weight is 240 g/mol. The number of ether oxygens (including phenoxy) is 1. The average Bonchev–Trinajstić information content (AvgIpc) is 2.86. The van der Waals surface area contributed by atoms with Crippen LogP contribution in [0, 0.1) is 0 Å². The molecule has 1 aromatic rings. The standard InChI is InChI=1S/C9H12N4O4/c14-8(15)2-1-6-4-13(12-11-6)5-7-3-10-9(16)17-7/h4,7H,1-3,5H2,(H,10,16)(H,14,15). The van der Waals surface area contributed by atoms with E-state index < -0.39 is 12.1 Å². The molecular formula is C9H12N4O4. The van der Waals surface area contributed by atoms with Gasteiger partial charge in [0.05, 0.1) is 25.2 Å². The van der Waals surface area contributed by atoms with Crippen molar-refractivity contribution in [3.8, 4) is 0 Å². The van der Waals surface area contributed by atoms with Gasteiger partial charge in [-0.15, -0.1) is 5.10 Å². The normalized spacial score (nSPS) is 18.8. The van der Waals surface area contributed by atoms with E-state index in [4.69, 9.17) is 9.84 Å². The second-order valence-electron chi connectivity index (χ2n) is 3.73. The molecule has 1 saturated heterocycles. The van der Waals surface area contributed by atoms with Crippen LogP contribution in [-0.2, 0) is 22.5 Å². The first kappa shape index (κ1) is 11.4. The summed E-state index contributed by atoms with van der Waals surface area (Å²) in [5.74, 6) is -0.867. The lowest BCUT2D eigenvalue weighted by molar-refractivity contribution is -0.136. The lowest BCUT2D eigenvalue weighted by Crippen LogP contribution is -2.20. The maximum atomic E-state index is 10.8. The molecular weight excluding hydrogens is 228 g/mol. The molecule has 0 aliphatic carbocycles. The van der Waals surface area contributed by atoms with Crippen molar-refractivity contribution in [3.63, 3.8) is 0 Å². The number of aliphatic carboxylic acids is 1. The number of carbonyl (C=O) groups is 2. The molecule has 0 radical (unpaired) electrons. The fourth-order valence-electron chi connectivity index (χ4n) is 1.52. The largest absolute Gasteiger partial charge is 0.481 e. The van der Waals surface area contributed by atoms with Crippen molar-refractivity contribution in [1.29, 1.82) is 0 Å². The molecule has 0 saturated carbocycles. The van der Waals surface area contributed by atoms with Crippen LogP contribution >= 0.6 is 0 Å². The van der Waals surface area contributed by atoms with Gasteiger partial charge in [0, 0.05) is 12.6 Å². The summed E-state index contributed by atoms with van der Waals surface area (Å²) >= 11 is 0. The fourth-order valence-corrected chi connectivity index (χ4v) is 1.52. The summed E-state index contributed by atoms with van der Waals surface area (Å²) in [7, 11) is 0. The van der Waals surface area contributed by atoms with Crippen molar-refractivity contribution in [2.24, 2.45) is 0 Å². The first-order valence-corrected chi connectivity index (χ1v) is 5.19. The maximum absolute atomic E-state index is 10.8. The van der Waals surface area contributed by atoms with Gasteiger partial charge in [0.1, 0.15) is 6.10 Å². The van der Waals surface area contributed by atoms with Crippen LogP contribution in [0.4, 0.5) is 4.79 Å². The zero-order valence-electron chi connectivity index (χ0n) is 9.00. The number of hydrogen-bond acceptors (Lipinski definition) is 5. The number of nitrogens with zero attached hydrogens (tertiary/aromatic N) is 3. The minimum atomic E-state index is -0.867. The van der Waals surface area contributed by atoms with Crippen LogP contribution in [0.1, 0.15) is 12.1 Å². The second-order valence-corrected chi connectivity index (χ2v) is 3.73. The highest BCUT2D eigenvalue weighted by atomic mass is 16.6. The Balaban J connectivity index is 1.85. The molecule has 2 N–H and O–H groups in total. The quantitative estimate of drug-likeness (QED) is 0.712. The van der Waals surface area contributed by atoms with Gasteiger partial charge in [-0.25, -0.2) is 9.48 Å². The first-order chi connectivity index (χ1) is 8.13. The van der Waals surface area contributed by atoms with Crippen molar-refractivity contribution in [2.45, 2.75) is 25.5 Å². The third-order valence-electron chi connectivity index (χ3n) is 2.32. The van der Waals surface area contributed by atoms with Gasteiger partial charge >= 0.3 is 12.1 Å². The number of alkyl carbamates (subject to hydrolysis) is 1. The van der Waals surface area contributed by atoms with Crippen LogP contribution in [0.15, 0.2) is 6.20 Å². The van der Waals surface area contributed by atoms with E-state index in [1.807, 2.05) is 0 Å². The SMILES string of the molecule is O=C(O)CCc1cn(CC2CNC(=O)O2)nn1. The Hall–Kier alpha value is -2.12. The number of carboxylic acid groups (broad SMARTS) is 1. The summed E-state index contributed by atoms with van der Waals surface area (Å²) in [5, 5.41) is 18.7. The van der Waals surface area contributed by atoms with Crippen molar-refractivity contribution in [2.75, 3.05) is 6.54 Å². The number of cyclic esters (lactones) is 1. The van der Waals surface area contributed by atoms with E-state index in [0.717, 1.165) is 0 Å². The van der Waals surface area contributed by atoms with Gasteiger partial charge < -0.3 is 15.2 Å². The number of amides is 1. The Morgan fingerprint density at radius 3 is 3.18 bits per heavy atom. The number of hydrogen-bond donors (Lipinski definition) is 2. The van der Waals surface area contributed by atoms with Crippen LogP contribution in [-0.4, -0.2) is 44.8 Å². The Bertz CT molecular complexity index is 430. The first-order valence-electron chi connectivity index (χ1n) is 5.19. The van der Waals surface area contributed by atoms with Gasteiger partial charge in [-0.1, -0.05) is 5.21 Å². The summed E-state index contributed by atoms with van der Waals surface area (Å²) in [6.45, 7) is 0.863. The highest BCUT2D eigenvalue weighted by Crippen LogP contribution is 2.04. The highest BCUT2D eigenvalue weighted by Gasteiger charge is 2.23. The van der Waals surface area contributed by atoms with Crippen LogP contribution in [0.25, 0.3) is 0 Å². The third kappa shape index (κ3) is 3.16. The number of rotatable bonds is 5. The molecule has 17 heavy (non-hydrogen) atoms. The van der Waals surface area contributed by atoms with Gasteiger partial charge in [0.25, 0.3) is 0 Å². The number of nitrogens with one attached hydrogen (secondary N) is 1. The Labute approximate surface area is 96.6 Å². The molecule has 8 heteroatoms. The lowest BCUT2D eigenvalue weighted by atomic mass is 10.2. The Kier molecular flexibility index (Phi) is 3.22. The summed E-state index contributed by atoms with van der Waals surface area (Å²) in [6.07, 6.45) is 1.35. The molecule has 1 atom stereocenters. The summed E-state index contributed by atoms with van der Waals surface area (Å²) in [4.78, 5) is 21.2. The monoisotopic (exact) mass is 240 g/mol. The summed E-state index contributed by atoms with van der Waals surface area (Å²) in [6, 6.07) is 0. The van der Waals surface area contributed by atoms with E-state index in [1.165, 1.54) is 0 Å². The van der Waals surface area contributed by atoms with E-state index in [1.54, 1.807) is 10.9 Å². The van der Waals surface area contributed by atoms with E-state index >= 15 is 0 Å². The van der Waals surface area contributed by atoms with Gasteiger partial charge in [-0.2, -0.15) is 0 Å². The Morgan fingerprint density at radius 2 is 2.53 bits per heavy atom. The van der Waals surface area contributed by atoms with E-state index in [9.17, 15) is 9.59 Å². The molecule has 0 aromatic carbocycles. The number of carbonyl (C=O) groups excluding carboxylic acids is 1. The molecule has 1 amide bonds. The van der Waals surface area contributed by atoms with Crippen LogP contribution < -0.4 is 5.32 Å². The molecule has 8 nitrogen and oxygen atoms in total. The highest BCUT2D eigenvalue weighted by molar-refractivity contribution is 5.69. The maximum Gasteiger partial charge on any atom is 0.407 e. The number of aryl methyl sites for hydroxylation is 1. The fraction of sp³-hybridized carbons (Fsp3) is 0.556. The predicted molar refractivity (Wildman–Crippen MR) is 54.3 cm³/mol. The third-order valence-corrected chi connectivity index (χ3v) is 2.32. The lowest BCUT2D eigenvalue weighted by Gasteiger charge is -2.05. The minimum Gasteiger partial charge on any atom is -0.481 e. The molecule has 2 rings (SSSR count). The van der Waals surface area contributed by atoms with Gasteiger partial charge in [0.2, 0.25) is 0 Å². The van der Waals surface area contributed by atoms with Crippen molar-refractivity contribution in [1.82, 2.24) is 20.3 Å². The molecule has 1 aliphatic heterocycles. The molecule has 0 spiro atoms. The second kappa shape index (κ2) is 4.81. The van der Waals surface area contributed by atoms with Crippen LogP contribution in [0.2, 0.25) is 0 Å². The summed E-state index contributed by atoms with van der Waals surface area (Å²) < 4.78 is 6.48. The Morgan fingerprint density at radius 1 is 1.71 bits per heavy atom. The minimum absolute atomic E-state index is 0.0265. The van der Waals surface area contributed by atoms with Crippen LogP contribution in [0.3, 0.4) is 0 Å². The van der Waals surface area contributed by atoms with Gasteiger partial charge in [0.15, 0.2) is 0 Å². The molecule has 2 heterocycles. The zero-order valence-corrected chi connectivity index (χ0v) is 9.00. The molecule has 1 unspecified atom stereocenters. The van der Waals surface area contributed by atoms with Gasteiger partial charge in [-0.3, -0.25) is 4.79 Å². The molecule has 1 aliphatic rings.